The Morgan fingerprint density at radius 3 is 2.86 bits per heavy atom. The Bertz CT molecular complexity index is 1900. The number of phenols is 1. The fraction of sp³-hybridized carbons (Fsp3) is 0.375. The second-order valence-electron chi connectivity index (χ2n) is 11.8. The molecular formula is C32H27F2N7O. The summed E-state index contributed by atoms with van der Waals surface area (Å²) in [5.74, 6) is 8.98. The summed E-state index contributed by atoms with van der Waals surface area (Å²) in [6, 6.07) is 8.87. The van der Waals surface area contributed by atoms with Crippen molar-refractivity contribution in [1.82, 2.24) is 30.4 Å². The molecule has 4 aliphatic rings. The molecule has 10 heteroatoms. The van der Waals surface area contributed by atoms with E-state index < -0.39 is 17.5 Å². The van der Waals surface area contributed by atoms with E-state index in [4.69, 9.17) is 11.4 Å². The topological polar surface area (TPSA) is 90.3 Å². The number of aromatic hydroxyl groups is 1. The lowest BCUT2D eigenvalue weighted by Crippen LogP contribution is -2.44. The minimum absolute atomic E-state index is 0.00437. The number of nitrogens with one attached hydrogen (secondary N) is 1. The molecule has 0 amide bonds. The summed E-state index contributed by atoms with van der Waals surface area (Å²) in [6.45, 7) is 2.70. The standard InChI is InChI=1S/C32H27F2N7O/c1-2-18-5-3-6-19-11-23(42)13-24(26(18)19)28-27(34)29-30(39-38-28)31(41-17-21-12-22(41)15-35-21)37-25(36-29)7-9-32-8-4-10-40(32)16-20(33)14-32/h1,3,5-6,11,13,20-22,35,42H,4,8,10,12,14-17H2/t20-,21-,22-,32-/m1/s1. The fourth-order valence-electron chi connectivity index (χ4n) is 7.38. The van der Waals surface area contributed by atoms with Crippen molar-refractivity contribution in [2.24, 2.45) is 0 Å². The third-order valence-electron chi connectivity index (χ3n) is 9.24. The molecule has 4 saturated heterocycles. The van der Waals surface area contributed by atoms with E-state index in [1.165, 1.54) is 6.07 Å². The molecule has 2 N–H and O–H groups in total. The van der Waals surface area contributed by atoms with Crippen LogP contribution in [-0.4, -0.2) is 80.1 Å². The normalized spacial score (nSPS) is 26.5. The highest BCUT2D eigenvalue weighted by molar-refractivity contribution is 6.02. The third kappa shape index (κ3) is 3.83. The SMILES string of the molecule is C#Cc1cccc2cc(O)cc(-c3nnc4c(N5C[C@H]6C[C@@H]5CN6)nc(C#C[C@@]56CCCN5C[C@H](F)C6)nc4c3F)c12. The number of piperazine rings is 1. The summed E-state index contributed by atoms with van der Waals surface area (Å²) < 4.78 is 31.0. The maximum Gasteiger partial charge on any atom is 0.207 e. The van der Waals surface area contributed by atoms with Gasteiger partial charge < -0.3 is 15.3 Å². The van der Waals surface area contributed by atoms with E-state index in [0.29, 0.717) is 53.3 Å². The number of fused-ring (bicyclic) bond motifs is 5. The molecule has 0 unspecified atom stereocenters. The van der Waals surface area contributed by atoms with Gasteiger partial charge in [-0.25, -0.2) is 18.7 Å². The molecule has 4 aromatic rings. The van der Waals surface area contributed by atoms with Crippen LogP contribution in [0.25, 0.3) is 33.1 Å². The van der Waals surface area contributed by atoms with Gasteiger partial charge in [-0.2, -0.15) is 0 Å². The first-order chi connectivity index (χ1) is 20.4. The zero-order valence-electron chi connectivity index (χ0n) is 22.7. The fourth-order valence-corrected chi connectivity index (χ4v) is 7.38. The minimum Gasteiger partial charge on any atom is -0.508 e. The molecule has 4 fully saturated rings. The van der Waals surface area contributed by atoms with Crippen molar-refractivity contribution >= 4 is 27.6 Å². The van der Waals surface area contributed by atoms with Gasteiger partial charge in [-0.15, -0.1) is 16.6 Å². The number of hydrogen-bond donors (Lipinski definition) is 2. The molecule has 0 aliphatic carbocycles. The van der Waals surface area contributed by atoms with Crippen molar-refractivity contribution in [3.8, 4) is 41.2 Å². The van der Waals surface area contributed by atoms with Crippen LogP contribution in [0.4, 0.5) is 14.6 Å². The number of hydrogen-bond acceptors (Lipinski definition) is 8. The summed E-state index contributed by atoms with van der Waals surface area (Å²) in [6.07, 6.45) is 7.93. The third-order valence-corrected chi connectivity index (χ3v) is 9.24. The largest absolute Gasteiger partial charge is 0.508 e. The number of aromatic nitrogens is 4. The number of halogens is 2. The number of phenolic OH excluding ortho intramolecular Hbond substituents is 1. The van der Waals surface area contributed by atoms with Gasteiger partial charge in [0.05, 0.1) is 5.54 Å². The number of rotatable bonds is 2. The summed E-state index contributed by atoms with van der Waals surface area (Å²) in [5, 5.41) is 24.0. The van der Waals surface area contributed by atoms with E-state index in [1.54, 1.807) is 24.3 Å². The van der Waals surface area contributed by atoms with Gasteiger partial charge in [-0.05, 0) is 55.3 Å². The second-order valence-corrected chi connectivity index (χ2v) is 11.8. The number of alkyl halides is 1. The Morgan fingerprint density at radius 1 is 1.14 bits per heavy atom. The van der Waals surface area contributed by atoms with Crippen molar-refractivity contribution in [2.75, 3.05) is 31.1 Å². The monoisotopic (exact) mass is 563 g/mol. The number of benzene rings is 2. The Kier molecular flexibility index (Phi) is 5.62. The Labute approximate surface area is 241 Å². The zero-order valence-corrected chi connectivity index (χ0v) is 22.7. The van der Waals surface area contributed by atoms with Crippen LogP contribution < -0.4 is 10.2 Å². The van der Waals surface area contributed by atoms with Crippen LogP contribution in [0.1, 0.15) is 37.1 Å². The molecule has 6 heterocycles. The highest BCUT2D eigenvalue weighted by Crippen LogP contribution is 2.40. The molecule has 2 aromatic carbocycles. The molecule has 8 rings (SSSR count). The molecule has 4 aliphatic heterocycles. The average molecular weight is 564 g/mol. The molecule has 0 spiro atoms. The highest BCUT2D eigenvalue weighted by atomic mass is 19.1. The van der Waals surface area contributed by atoms with E-state index in [9.17, 15) is 9.50 Å². The van der Waals surface area contributed by atoms with Gasteiger partial charge in [0, 0.05) is 54.7 Å². The number of anilines is 1. The summed E-state index contributed by atoms with van der Waals surface area (Å²) in [5.41, 5.74) is 0.499. The summed E-state index contributed by atoms with van der Waals surface area (Å²) in [4.78, 5) is 13.6. The first-order valence-corrected chi connectivity index (χ1v) is 14.3. The Balaban J connectivity index is 1.33. The van der Waals surface area contributed by atoms with Crippen molar-refractivity contribution < 1.29 is 13.9 Å². The molecule has 2 bridgehead atoms. The minimum atomic E-state index is -0.916. The predicted molar refractivity (Wildman–Crippen MR) is 155 cm³/mol. The van der Waals surface area contributed by atoms with Gasteiger partial charge >= 0.3 is 0 Å². The van der Waals surface area contributed by atoms with Gasteiger partial charge in [0.15, 0.2) is 17.2 Å². The molecule has 2 aromatic heterocycles. The molecule has 0 saturated carbocycles. The lowest BCUT2D eigenvalue weighted by atomic mass is 9.94. The average Bonchev–Trinajstić information content (AvgIpc) is 3.77. The van der Waals surface area contributed by atoms with Crippen molar-refractivity contribution in [3.05, 3.63) is 47.5 Å². The first-order valence-electron chi connectivity index (χ1n) is 14.3. The zero-order chi connectivity index (χ0) is 28.6. The van der Waals surface area contributed by atoms with E-state index in [2.05, 4.69) is 48.1 Å². The molecule has 8 nitrogen and oxygen atoms in total. The quantitative estimate of drug-likeness (QED) is 0.358. The molecular weight excluding hydrogens is 536 g/mol. The second kappa shape index (κ2) is 9.32. The van der Waals surface area contributed by atoms with Crippen LogP contribution in [0.3, 0.4) is 0 Å². The highest BCUT2D eigenvalue weighted by Gasteiger charge is 2.48. The van der Waals surface area contributed by atoms with Crippen LogP contribution in [0.5, 0.6) is 5.75 Å². The summed E-state index contributed by atoms with van der Waals surface area (Å²) >= 11 is 0. The lowest BCUT2D eigenvalue weighted by molar-refractivity contribution is 0.255. The predicted octanol–water partition coefficient (Wildman–Crippen LogP) is 3.54. The Hall–Kier alpha value is -4.38. The lowest BCUT2D eigenvalue weighted by Gasteiger charge is -2.29. The van der Waals surface area contributed by atoms with E-state index in [1.807, 2.05) is 0 Å². The smallest absolute Gasteiger partial charge is 0.207 e. The van der Waals surface area contributed by atoms with E-state index in [0.717, 1.165) is 32.4 Å². The van der Waals surface area contributed by atoms with Gasteiger partial charge in [0.1, 0.15) is 23.1 Å². The van der Waals surface area contributed by atoms with E-state index in [-0.39, 0.29) is 34.3 Å². The maximum absolute atomic E-state index is 16.6. The Morgan fingerprint density at radius 2 is 2.05 bits per heavy atom. The van der Waals surface area contributed by atoms with Crippen LogP contribution in [-0.2, 0) is 0 Å². The number of nitrogens with zero attached hydrogens (tertiary/aromatic N) is 6. The molecule has 4 atom stereocenters. The first kappa shape index (κ1) is 25.3. The van der Waals surface area contributed by atoms with Gasteiger partial charge in [0.2, 0.25) is 5.82 Å². The van der Waals surface area contributed by atoms with Crippen LogP contribution in [0.15, 0.2) is 30.3 Å². The molecule has 42 heavy (non-hydrogen) atoms. The van der Waals surface area contributed by atoms with Crippen LogP contribution in [0.2, 0.25) is 0 Å². The summed E-state index contributed by atoms with van der Waals surface area (Å²) in [7, 11) is 0. The molecule has 210 valence electrons. The maximum atomic E-state index is 16.6. The number of terminal acetylenes is 1. The van der Waals surface area contributed by atoms with E-state index >= 15 is 4.39 Å². The molecule has 0 radical (unpaired) electrons. The van der Waals surface area contributed by atoms with Crippen molar-refractivity contribution in [1.29, 1.82) is 0 Å². The van der Waals surface area contributed by atoms with Gasteiger partial charge in [0.25, 0.3) is 0 Å². The van der Waals surface area contributed by atoms with Crippen molar-refractivity contribution in [3.63, 3.8) is 0 Å². The van der Waals surface area contributed by atoms with Crippen LogP contribution >= 0.6 is 0 Å². The van der Waals surface area contributed by atoms with Crippen LogP contribution in [0, 0.1) is 30.0 Å². The van der Waals surface area contributed by atoms with Crippen molar-refractivity contribution in [2.45, 2.75) is 49.5 Å². The van der Waals surface area contributed by atoms with Gasteiger partial charge in [-0.3, -0.25) is 4.90 Å². The van der Waals surface area contributed by atoms with Gasteiger partial charge in [-0.1, -0.05) is 24.0 Å².